The van der Waals surface area contributed by atoms with Crippen LogP contribution < -0.4 is 5.11 Å². The van der Waals surface area contributed by atoms with Crippen LogP contribution in [0.3, 0.4) is 0 Å². The predicted molar refractivity (Wildman–Crippen MR) is 92.2 cm³/mol. The third-order valence-electron chi connectivity index (χ3n) is 4.17. The van der Waals surface area contributed by atoms with Gasteiger partial charge in [-0.3, -0.25) is 9.69 Å². The van der Waals surface area contributed by atoms with Gasteiger partial charge in [0.1, 0.15) is 6.09 Å². The zero-order chi connectivity index (χ0) is 18.2. The number of rotatable bonds is 6. The van der Waals surface area contributed by atoms with Gasteiger partial charge >= 0.3 is 0 Å². The van der Waals surface area contributed by atoms with Crippen LogP contribution >= 0.6 is 0 Å². The van der Waals surface area contributed by atoms with Crippen LogP contribution in [0.5, 0.6) is 0 Å². The van der Waals surface area contributed by atoms with E-state index >= 15 is 0 Å². The van der Waals surface area contributed by atoms with E-state index in [1.54, 1.807) is 11.9 Å². The highest BCUT2D eigenvalue weighted by Gasteiger charge is 2.21. The summed E-state index contributed by atoms with van der Waals surface area (Å²) in [7, 11) is 1.73. The summed E-state index contributed by atoms with van der Waals surface area (Å²) in [5, 5.41) is 11.1. The van der Waals surface area contributed by atoms with Crippen LogP contribution in [-0.2, 0) is 4.79 Å². The van der Waals surface area contributed by atoms with Gasteiger partial charge < -0.3 is 19.7 Å². The fourth-order valence-corrected chi connectivity index (χ4v) is 2.65. The maximum absolute atomic E-state index is 12.1. The Labute approximate surface area is 145 Å². The molecule has 0 aromatic heterocycles. The first-order valence-corrected chi connectivity index (χ1v) is 8.62. The minimum atomic E-state index is -1.20. The number of carboxylic acid groups (broad SMARTS) is 1. The molecule has 0 radical (unpaired) electrons. The third-order valence-corrected chi connectivity index (χ3v) is 4.17. The van der Waals surface area contributed by atoms with Crippen LogP contribution in [0.1, 0.15) is 46.5 Å². The Morgan fingerprint density at radius 2 is 1.79 bits per heavy atom. The van der Waals surface area contributed by atoms with Crippen molar-refractivity contribution in [2.75, 3.05) is 39.8 Å². The van der Waals surface area contributed by atoms with Gasteiger partial charge in [-0.05, 0) is 53.1 Å². The molecule has 0 aliphatic carbocycles. The normalized spacial score (nSPS) is 14.8. The molecule has 24 heavy (non-hydrogen) atoms. The first-order valence-electron chi connectivity index (χ1n) is 8.62. The van der Waals surface area contributed by atoms with Crippen molar-refractivity contribution in [3.63, 3.8) is 0 Å². The summed E-state index contributed by atoms with van der Waals surface area (Å²) in [5.41, 5.74) is -0.519. The summed E-state index contributed by atoms with van der Waals surface area (Å²) in [4.78, 5) is 28.4. The summed E-state index contributed by atoms with van der Waals surface area (Å²) < 4.78 is 0. The molecule has 2 amide bonds. The summed E-state index contributed by atoms with van der Waals surface area (Å²) in [5.74, 6) is 6.13. The quantitative estimate of drug-likeness (QED) is 0.672. The van der Waals surface area contributed by atoms with Crippen molar-refractivity contribution in [2.45, 2.75) is 52.0 Å². The highest BCUT2D eigenvalue weighted by Crippen LogP contribution is 2.13. The molecule has 0 saturated carbocycles. The Bertz CT molecular complexity index is 482. The topological polar surface area (TPSA) is 66.9 Å². The van der Waals surface area contributed by atoms with Crippen molar-refractivity contribution in [3.8, 4) is 11.8 Å². The van der Waals surface area contributed by atoms with Crippen molar-refractivity contribution in [3.05, 3.63) is 0 Å². The molecule has 6 nitrogen and oxygen atoms in total. The van der Waals surface area contributed by atoms with Crippen molar-refractivity contribution in [1.82, 2.24) is 14.7 Å². The Hall–Kier alpha value is -1.74. The number of nitrogens with zero attached hydrogens (tertiary/aromatic N) is 3. The number of likely N-dealkylation sites (tertiary alicyclic amines) is 1. The highest BCUT2D eigenvalue weighted by atomic mass is 16.4. The van der Waals surface area contributed by atoms with E-state index < -0.39 is 11.6 Å². The van der Waals surface area contributed by atoms with Gasteiger partial charge in [0.25, 0.3) is 0 Å². The number of amides is 2. The van der Waals surface area contributed by atoms with E-state index in [1.165, 1.54) is 17.7 Å². The minimum Gasteiger partial charge on any atom is -0.530 e. The molecule has 0 atom stereocenters. The van der Waals surface area contributed by atoms with Gasteiger partial charge in [-0.25, -0.2) is 0 Å². The maximum Gasteiger partial charge on any atom is 0.223 e. The minimum absolute atomic E-state index is 0.0160. The fraction of sp³-hybridized carbons (Fsp3) is 0.778. The lowest BCUT2D eigenvalue weighted by atomic mass is 10.1. The van der Waals surface area contributed by atoms with E-state index in [9.17, 15) is 14.7 Å². The summed E-state index contributed by atoms with van der Waals surface area (Å²) >= 11 is 0. The zero-order valence-corrected chi connectivity index (χ0v) is 15.4. The monoisotopic (exact) mass is 336 g/mol. The largest absolute Gasteiger partial charge is 0.530 e. The van der Waals surface area contributed by atoms with Crippen LogP contribution in [0.15, 0.2) is 0 Å². The number of carbonyl (C=O) groups is 2. The molecular formula is C18H30N3O3-. The van der Waals surface area contributed by atoms with Crippen molar-refractivity contribution < 1.29 is 14.7 Å². The molecule has 6 heteroatoms. The van der Waals surface area contributed by atoms with E-state index in [1.807, 2.05) is 20.8 Å². The molecule has 1 saturated heterocycles. The van der Waals surface area contributed by atoms with Crippen molar-refractivity contribution >= 4 is 12.0 Å². The van der Waals surface area contributed by atoms with Crippen LogP contribution in [0.25, 0.3) is 0 Å². The predicted octanol–water partition coefficient (Wildman–Crippen LogP) is 0.768. The molecule has 1 fully saturated rings. The molecule has 0 bridgehead atoms. The molecular weight excluding hydrogens is 306 g/mol. The number of carbonyl (C=O) groups excluding carboxylic acids is 2. The van der Waals surface area contributed by atoms with Gasteiger partial charge in [-0.1, -0.05) is 11.8 Å². The second-order valence-corrected chi connectivity index (χ2v) is 7.28. The van der Waals surface area contributed by atoms with Crippen LogP contribution in [-0.4, -0.2) is 72.0 Å². The fourth-order valence-electron chi connectivity index (χ4n) is 2.65. The van der Waals surface area contributed by atoms with E-state index in [0.29, 0.717) is 25.9 Å². The Balaban J connectivity index is 2.28. The van der Waals surface area contributed by atoms with Gasteiger partial charge in [0.2, 0.25) is 5.91 Å². The van der Waals surface area contributed by atoms with Crippen LogP contribution in [0.4, 0.5) is 4.79 Å². The van der Waals surface area contributed by atoms with Gasteiger partial charge in [0.15, 0.2) is 0 Å². The highest BCUT2D eigenvalue weighted by molar-refractivity contribution is 5.76. The molecule has 0 spiro atoms. The molecule has 136 valence electrons. The third kappa shape index (κ3) is 7.22. The summed E-state index contributed by atoms with van der Waals surface area (Å²) in [6, 6.07) is 0. The van der Waals surface area contributed by atoms with Gasteiger partial charge in [-0.2, -0.15) is 0 Å². The molecule has 0 unspecified atom stereocenters. The average Bonchev–Trinajstić information content (AvgIpc) is 2.99. The number of hydrogen-bond donors (Lipinski definition) is 0. The standard InChI is InChI=1S/C18H31N3O3/c1-18(2,3)21(17(23)24)15-9-10-16(22)19(4)11-5-6-12-20-13-7-8-14-20/h7-15H2,1-4H3,(H,23,24)/p-1. The molecule has 0 aromatic carbocycles. The average molecular weight is 336 g/mol. The molecule has 1 rings (SSSR count). The lowest BCUT2D eigenvalue weighted by Crippen LogP contribution is -2.52. The SMILES string of the molecule is CN(CC#CCN1CCCC1)C(=O)CCCN(C(=O)[O-])C(C)(C)C. The van der Waals surface area contributed by atoms with Crippen molar-refractivity contribution in [2.24, 2.45) is 0 Å². The maximum atomic E-state index is 12.1. The molecule has 0 N–H and O–H groups in total. The van der Waals surface area contributed by atoms with E-state index in [0.717, 1.165) is 19.6 Å². The lowest BCUT2D eigenvalue weighted by Gasteiger charge is -2.38. The van der Waals surface area contributed by atoms with E-state index in [-0.39, 0.29) is 5.91 Å². The van der Waals surface area contributed by atoms with Gasteiger partial charge in [0, 0.05) is 25.6 Å². The first-order chi connectivity index (χ1) is 11.2. The Kier molecular flexibility index (Phi) is 8.06. The van der Waals surface area contributed by atoms with Gasteiger partial charge in [0.05, 0.1) is 13.1 Å². The molecule has 0 aromatic rings. The second-order valence-electron chi connectivity index (χ2n) is 7.28. The number of hydrogen-bond acceptors (Lipinski definition) is 4. The summed E-state index contributed by atoms with van der Waals surface area (Å²) in [6.45, 7) is 9.15. The van der Waals surface area contributed by atoms with Crippen molar-refractivity contribution in [1.29, 1.82) is 0 Å². The molecule has 1 heterocycles. The smallest absolute Gasteiger partial charge is 0.223 e. The molecule has 1 aliphatic rings. The second kappa shape index (κ2) is 9.53. The van der Waals surface area contributed by atoms with E-state index in [2.05, 4.69) is 16.7 Å². The first kappa shape index (κ1) is 20.3. The van der Waals surface area contributed by atoms with Crippen LogP contribution in [0.2, 0.25) is 0 Å². The van der Waals surface area contributed by atoms with Crippen LogP contribution in [0, 0.1) is 11.8 Å². The van der Waals surface area contributed by atoms with Gasteiger partial charge in [-0.15, -0.1) is 0 Å². The Morgan fingerprint density at radius 3 is 2.33 bits per heavy atom. The molecule has 1 aliphatic heterocycles. The summed E-state index contributed by atoms with van der Waals surface area (Å²) in [6.07, 6.45) is 2.09. The van der Waals surface area contributed by atoms with E-state index in [4.69, 9.17) is 0 Å². The Morgan fingerprint density at radius 1 is 1.17 bits per heavy atom. The zero-order valence-electron chi connectivity index (χ0n) is 15.4. The lowest BCUT2D eigenvalue weighted by molar-refractivity contribution is -0.270.